The number of hydrogen-bond donors (Lipinski definition) is 1. The molecule has 0 radical (unpaired) electrons. The fraction of sp³-hybridized carbons (Fsp3) is 0.304. The molecular formula is C23H26N4O2. The predicted octanol–water partition coefficient (Wildman–Crippen LogP) is 2.73. The molecule has 0 unspecified atom stereocenters. The maximum atomic E-state index is 12.8. The van der Waals surface area contributed by atoms with Gasteiger partial charge >= 0.3 is 0 Å². The molecule has 150 valence electrons. The molecule has 29 heavy (non-hydrogen) atoms. The minimum Gasteiger partial charge on any atom is -0.339 e. The van der Waals surface area contributed by atoms with Crippen LogP contribution in [0.2, 0.25) is 0 Å². The third-order valence-electron chi connectivity index (χ3n) is 5.46. The number of para-hydroxylation sites is 2. The SMILES string of the molecule is Cc1cc2ccccc2n1CC(=O)N1CCN(CC(=O)Nc2ccccc2)CC1. The lowest BCUT2D eigenvalue weighted by molar-refractivity contribution is -0.133. The standard InChI is InChI=1S/C23H26N4O2/c1-18-15-19-7-5-6-10-21(19)27(18)17-23(29)26-13-11-25(12-14-26)16-22(28)24-20-8-3-2-4-9-20/h2-10,15H,11-14,16-17H2,1H3,(H,24,28). The monoisotopic (exact) mass is 390 g/mol. The number of aromatic nitrogens is 1. The first-order valence-corrected chi connectivity index (χ1v) is 10.00. The smallest absolute Gasteiger partial charge is 0.242 e. The van der Waals surface area contributed by atoms with Gasteiger partial charge in [0.05, 0.1) is 6.54 Å². The van der Waals surface area contributed by atoms with Gasteiger partial charge in [0.25, 0.3) is 0 Å². The molecule has 0 atom stereocenters. The summed E-state index contributed by atoms with van der Waals surface area (Å²) in [5, 5.41) is 4.07. The molecule has 6 heteroatoms. The van der Waals surface area contributed by atoms with Gasteiger partial charge in [0, 0.05) is 43.1 Å². The molecule has 1 N–H and O–H groups in total. The molecule has 0 bridgehead atoms. The summed E-state index contributed by atoms with van der Waals surface area (Å²) in [6.45, 7) is 5.45. The second-order valence-electron chi connectivity index (χ2n) is 7.50. The second kappa shape index (κ2) is 8.49. The van der Waals surface area contributed by atoms with Crippen molar-refractivity contribution in [2.75, 3.05) is 38.0 Å². The van der Waals surface area contributed by atoms with Crippen LogP contribution in [0.4, 0.5) is 5.69 Å². The number of amides is 2. The van der Waals surface area contributed by atoms with Gasteiger partial charge in [-0.3, -0.25) is 14.5 Å². The largest absolute Gasteiger partial charge is 0.339 e. The molecule has 0 aliphatic carbocycles. The number of fused-ring (bicyclic) bond motifs is 1. The molecule has 1 saturated heterocycles. The zero-order chi connectivity index (χ0) is 20.2. The van der Waals surface area contributed by atoms with Crippen LogP contribution in [-0.4, -0.2) is 58.9 Å². The van der Waals surface area contributed by atoms with Gasteiger partial charge in [0.15, 0.2) is 0 Å². The third-order valence-corrected chi connectivity index (χ3v) is 5.46. The molecule has 1 aliphatic rings. The Morgan fingerprint density at radius 1 is 0.897 bits per heavy atom. The molecular weight excluding hydrogens is 364 g/mol. The zero-order valence-corrected chi connectivity index (χ0v) is 16.7. The van der Waals surface area contributed by atoms with Crippen molar-refractivity contribution in [2.24, 2.45) is 0 Å². The van der Waals surface area contributed by atoms with E-state index >= 15 is 0 Å². The normalized spacial score (nSPS) is 14.9. The van der Waals surface area contributed by atoms with E-state index < -0.39 is 0 Å². The highest BCUT2D eigenvalue weighted by Crippen LogP contribution is 2.19. The number of piperazine rings is 1. The van der Waals surface area contributed by atoms with E-state index in [1.54, 1.807) is 0 Å². The second-order valence-corrected chi connectivity index (χ2v) is 7.50. The predicted molar refractivity (Wildman–Crippen MR) is 115 cm³/mol. The first kappa shape index (κ1) is 19.2. The molecule has 1 aromatic heterocycles. The van der Waals surface area contributed by atoms with Crippen LogP contribution in [0.3, 0.4) is 0 Å². The number of carbonyl (C=O) groups excluding carboxylic acids is 2. The van der Waals surface area contributed by atoms with E-state index in [4.69, 9.17) is 0 Å². The number of nitrogens with one attached hydrogen (secondary N) is 1. The van der Waals surface area contributed by atoms with Crippen LogP contribution >= 0.6 is 0 Å². The average molecular weight is 390 g/mol. The molecule has 2 heterocycles. The van der Waals surface area contributed by atoms with Gasteiger partial charge in [0.1, 0.15) is 6.54 Å². The van der Waals surface area contributed by atoms with Gasteiger partial charge in [-0.1, -0.05) is 36.4 Å². The van der Waals surface area contributed by atoms with Crippen LogP contribution < -0.4 is 5.32 Å². The molecule has 6 nitrogen and oxygen atoms in total. The molecule has 2 amide bonds. The number of benzene rings is 2. The van der Waals surface area contributed by atoms with E-state index in [-0.39, 0.29) is 11.8 Å². The van der Waals surface area contributed by atoms with Crippen LogP contribution in [0.25, 0.3) is 10.9 Å². The minimum atomic E-state index is -0.0228. The van der Waals surface area contributed by atoms with E-state index in [0.717, 1.165) is 22.3 Å². The highest BCUT2D eigenvalue weighted by atomic mass is 16.2. The Kier molecular flexibility index (Phi) is 5.62. The van der Waals surface area contributed by atoms with Crippen molar-refractivity contribution in [3.05, 3.63) is 66.4 Å². The summed E-state index contributed by atoms with van der Waals surface area (Å²) in [6.07, 6.45) is 0. The summed E-state index contributed by atoms with van der Waals surface area (Å²) >= 11 is 0. The van der Waals surface area contributed by atoms with Crippen molar-refractivity contribution < 1.29 is 9.59 Å². The lowest BCUT2D eigenvalue weighted by Crippen LogP contribution is -2.51. The number of hydrogen-bond acceptors (Lipinski definition) is 3. The molecule has 4 rings (SSSR count). The number of aryl methyl sites for hydroxylation is 1. The summed E-state index contributed by atoms with van der Waals surface area (Å²) < 4.78 is 2.08. The molecule has 0 spiro atoms. The Morgan fingerprint density at radius 3 is 2.34 bits per heavy atom. The summed E-state index contributed by atoms with van der Waals surface area (Å²) in [6, 6.07) is 19.7. The Labute approximate surface area is 170 Å². The minimum absolute atomic E-state index is 0.0228. The van der Waals surface area contributed by atoms with Crippen molar-refractivity contribution in [3.63, 3.8) is 0 Å². The molecule has 0 saturated carbocycles. The van der Waals surface area contributed by atoms with Crippen LogP contribution in [-0.2, 0) is 16.1 Å². The molecule has 2 aromatic carbocycles. The van der Waals surface area contributed by atoms with E-state index in [1.807, 2.05) is 54.3 Å². The maximum Gasteiger partial charge on any atom is 0.242 e. The van der Waals surface area contributed by atoms with E-state index in [1.165, 1.54) is 0 Å². The van der Waals surface area contributed by atoms with Gasteiger partial charge in [-0.15, -0.1) is 0 Å². The zero-order valence-electron chi connectivity index (χ0n) is 16.7. The fourth-order valence-electron chi connectivity index (χ4n) is 3.87. The highest BCUT2D eigenvalue weighted by molar-refractivity contribution is 5.92. The fourth-order valence-corrected chi connectivity index (χ4v) is 3.87. The number of rotatable bonds is 5. The van der Waals surface area contributed by atoms with Gasteiger partial charge < -0.3 is 14.8 Å². The lowest BCUT2D eigenvalue weighted by Gasteiger charge is -2.34. The highest BCUT2D eigenvalue weighted by Gasteiger charge is 2.23. The van der Waals surface area contributed by atoms with Crippen molar-refractivity contribution in [2.45, 2.75) is 13.5 Å². The molecule has 1 fully saturated rings. The Morgan fingerprint density at radius 2 is 1.59 bits per heavy atom. The van der Waals surface area contributed by atoms with Gasteiger partial charge in [0.2, 0.25) is 11.8 Å². The summed E-state index contributed by atoms with van der Waals surface area (Å²) in [5.74, 6) is 0.105. The van der Waals surface area contributed by atoms with Crippen LogP contribution in [0, 0.1) is 6.92 Å². The quantitative estimate of drug-likeness (QED) is 0.729. The lowest BCUT2D eigenvalue weighted by atomic mass is 10.2. The van der Waals surface area contributed by atoms with Crippen LogP contribution in [0.15, 0.2) is 60.7 Å². The number of anilines is 1. The number of carbonyl (C=O) groups is 2. The molecule has 3 aromatic rings. The summed E-state index contributed by atoms with van der Waals surface area (Å²) in [7, 11) is 0. The van der Waals surface area contributed by atoms with Crippen molar-refractivity contribution in [3.8, 4) is 0 Å². The van der Waals surface area contributed by atoms with Gasteiger partial charge in [-0.05, 0) is 36.6 Å². The first-order chi connectivity index (χ1) is 14.1. The third kappa shape index (κ3) is 4.49. The average Bonchev–Trinajstić information content (AvgIpc) is 3.04. The first-order valence-electron chi connectivity index (χ1n) is 10.00. The van der Waals surface area contributed by atoms with Crippen molar-refractivity contribution in [1.29, 1.82) is 0 Å². The van der Waals surface area contributed by atoms with Gasteiger partial charge in [-0.25, -0.2) is 0 Å². The van der Waals surface area contributed by atoms with Crippen molar-refractivity contribution >= 4 is 28.4 Å². The van der Waals surface area contributed by atoms with Gasteiger partial charge in [-0.2, -0.15) is 0 Å². The Balaban J connectivity index is 1.29. The summed E-state index contributed by atoms with van der Waals surface area (Å²) in [4.78, 5) is 29.1. The Bertz CT molecular complexity index is 1000. The number of nitrogens with zero attached hydrogens (tertiary/aromatic N) is 3. The van der Waals surface area contributed by atoms with Crippen molar-refractivity contribution in [1.82, 2.24) is 14.4 Å². The Hall–Kier alpha value is -3.12. The molecule has 1 aliphatic heterocycles. The van der Waals surface area contributed by atoms with E-state index in [2.05, 4.69) is 33.0 Å². The van der Waals surface area contributed by atoms with E-state index in [9.17, 15) is 9.59 Å². The van der Waals surface area contributed by atoms with Crippen LogP contribution in [0.1, 0.15) is 5.69 Å². The maximum absolute atomic E-state index is 12.8. The summed E-state index contributed by atoms with van der Waals surface area (Å²) in [5.41, 5.74) is 2.99. The van der Waals surface area contributed by atoms with Crippen LogP contribution in [0.5, 0.6) is 0 Å². The van der Waals surface area contributed by atoms with E-state index in [0.29, 0.717) is 39.3 Å². The topological polar surface area (TPSA) is 57.6 Å².